The van der Waals surface area contributed by atoms with Crippen LogP contribution in [-0.2, 0) is 24.1 Å². The van der Waals surface area contributed by atoms with Crippen molar-refractivity contribution < 1.29 is 9.59 Å². The zero-order valence-electron chi connectivity index (χ0n) is 12.6. The fraction of sp³-hybridized carbons (Fsp3) is 0.222. The number of rotatable bonds is 2. The van der Waals surface area contributed by atoms with Crippen molar-refractivity contribution in [2.75, 3.05) is 10.6 Å². The first kappa shape index (κ1) is 14.0. The number of benzene rings is 2. The van der Waals surface area contributed by atoms with Crippen LogP contribution in [0.5, 0.6) is 0 Å². The van der Waals surface area contributed by atoms with Gasteiger partial charge < -0.3 is 16.4 Å². The molecule has 23 heavy (non-hydrogen) atoms. The third-order valence-corrected chi connectivity index (χ3v) is 4.46. The Morgan fingerprint density at radius 2 is 2.00 bits per heavy atom. The number of carbonyl (C=O) groups excluding carboxylic acids is 2. The van der Waals surface area contributed by atoms with Gasteiger partial charge in [0.25, 0.3) is 5.91 Å². The van der Waals surface area contributed by atoms with Crippen molar-refractivity contribution in [3.8, 4) is 0 Å². The number of carbonyl (C=O) groups is 2. The van der Waals surface area contributed by atoms with Gasteiger partial charge in [-0.3, -0.25) is 9.59 Å². The second-order valence-corrected chi connectivity index (χ2v) is 6.16. The van der Waals surface area contributed by atoms with Crippen LogP contribution < -0.4 is 16.4 Å². The van der Waals surface area contributed by atoms with Crippen LogP contribution in [0.2, 0.25) is 0 Å². The second-order valence-electron chi connectivity index (χ2n) is 6.16. The number of nitrogens with one attached hydrogen (secondary N) is 2. The molecule has 0 radical (unpaired) electrons. The Hall–Kier alpha value is -2.66. The largest absolute Gasteiger partial charge is 0.327 e. The van der Waals surface area contributed by atoms with Gasteiger partial charge in [-0.2, -0.15) is 0 Å². The SMILES string of the molecule is N[C@H]1Cc2ccc(NC(=O)c3cccc4c3CC(=O)N4)cc2C1. The minimum absolute atomic E-state index is 0.0771. The molecule has 0 fully saturated rings. The molecular weight excluding hydrogens is 290 g/mol. The van der Waals surface area contributed by atoms with Gasteiger partial charge in [0, 0.05) is 23.0 Å². The third-order valence-electron chi connectivity index (χ3n) is 4.46. The second kappa shape index (κ2) is 5.21. The number of hydrogen-bond donors (Lipinski definition) is 3. The summed E-state index contributed by atoms with van der Waals surface area (Å²) in [5, 5.41) is 5.69. The van der Waals surface area contributed by atoms with E-state index < -0.39 is 0 Å². The van der Waals surface area contributed by atoms with E-state index in [0.29, 0.717) is 5.56 Å². The molecule has 0 spiro atoms. The molecule has 2 aromatic carbocycles. The predicted octanol–water partition coefficient (Wildman–Crippen LogP) is 1.86. The lowest BCUT2D eigenvalue weighted by molar-refractivity contribution is -0.115. The highest BCUT2D eigenvalue weighted by atomic mass is 16.2. The molecule has 0 saturated carbocycles. The van der Waals surface area contributed by atoms with Crippen LogP contribution in [-0.4, -0.2) is 17.9 Å². The van der Waals surface area contributed by atoms with Crippen LogP contribution in [0, 0.1) is 0 Å². The van der Waals surface area contributed by atoms with Crippen LogP contribution in [0.1, 0.15) is 27.0 Å². The summed E-state index contributed by atoms with van der Waals surface area (Å²) in [7, 11) is 0. The Labute approximate surface area is 133 Å². The summed E-state index contributed by atoms with van der Waals surface area (Å²) in [4.78, 5) is 24.1. The third kappa shape index (κ3) is 2.49. The molecule has 0 bridgehead atoms. The maximum absolute atomic E-state index is 12.6. The molecule has 5 heteroatoms. The van der Waals surface area contributed by atoms with Gasteiger partial charge in [-0.25, -0.2) is 0 Å². The monoisotopic (exact) mass is 307 g/mol. The Morgan fingerprint density at radius 1 is 1.17 bits per heavy atom. The van der Waals surface area contributed by atoms with Crippen LogP contribution in [0.3, 0.4) is 0 Å². The van der Waals surface area contributed by atoms with Crippen LogP contribution in [0.4, 0.5) is 11.4 Å². The Bertz CT molecular complexity index is 829. The first-order chi connectivity index (χ1) is 11.1. The zero-order valence-corrected chi connectivity index (χ0v) is 12.6. The maximum Gasteiger partial charge on any atom is 0.256 e. The lowest BCUT2D eigenvalue weighted by Crippen LogP contribution is -2.19. The molecule has 116 valence electrons. The molecule has 4 rings (SSSR count). The summed E-state index contributed by atoms with van der Waals surface area (Å²) in [6, 6.07) is 11.4. The van der Waals surface area contributed by atoms with Gasteiger partial charge >= 0.3 is 0 Å². The van der Waals surface area contributed by atoms with Crippen LogP contribution >= 0.6 is 0 Å². The van der Waals surface area contributed by atoms with Gasteiger partial charge in [0.15, 0.2) is 0 Å². The summed E-state index contributed by atoms with van der Waals surface area (Å²) in [6.45, 7) is 0. The van der Waals surface area contributed by atoms with Gasteiger partial charge in [-0.15, -0.1) is 0 Å². The van der Waals surface area contributed by atoms with E-state index in [-0.39, 0.29) is 24.3 Å². The maximum atomic E-state index is 12.6. The fourth-order valence-electron chi connectivity index (χ4n) is 3.39. The molecule has 2 amide bonds. The highest BCUT2D eigenvalue weighted by Crippen LogP contribution is 2.28. The van der Waals surface area contributed by atoms with E-state index in [0.717, 1.165) is 29.8 Å². The van der Waals surface area contributed by atoms with Crippen molar-refractivity contribution in [2.24, 2.45) is 5.73 Å². The van der Waals surface area contributed by atoms with E-state index in [1.807, 2.05) is 24.3 Å². The van der Waals surface area contributed by atoms with Gasteiger partial charge in [0.1, 0.15) is 0 Å². The summed E-state index contributed by atoms with van der Waals surface area (Å²) in [6.07, 6.45) is 1.99. The topological polar surface area (TPSA) is 84.2 Å². The quantitative estimate of drug-likeness (QED) is 0.792. The highest BCUT2D eigenvalue weighted by Gasteiger charge is 2.24. The fourth-order valence-corrected chi connectivity index (χ4v) is 3.39. The van der Waals surface area contributed by atoms with Gasteiger partial charge in [-0.1, -0.05) is 12.1 Å². The van der Waals surface area contributed by atoms with E-state index in [9.17, 15) is 9.59 Å². The molecule has 4 N–H and O–H groups in total. The number of fused-ring (bicyclic) bond motifs is 2. The minimum atomic E-state index is -0.194. The van der Waals surface area contributed by atoms with E-state index in [1.54, 1.807) is 12.1 Å². The van der Waals surface area contributed by atoms with E-state index >= 15 is 0 Å². The Kier molecular flexibility index (Phi) is 3.16. The van der Waals surface area contributed by atoms with Gasteiger partial charge in [0.2, 0.25) is 5.91 Å². The predicted molar refractivity (Wildman–Crippen MR) is 88.6 cm³/mol. The van der Waals surface area contributed by atoms with E-state index in [2.05, 4.69) is 10.6 Å². The molecule has 1 heterocycles. The molecule has 2 aliphatic rings. The molecule has 1 atom stereocenters. The van der Waals surface area contributed by atoms with Crippen molar-refractivity contribution in [3.05, 3.63) is 58.7 Å². The molecular formula is C18H17N3O2. The van der Waals surface area contributed by atoms with Crippen LogP contribution in [0.15, 0.2) is 36.4 Å². The van der Waals surface area contributed by atoms with Crippen molar-refractivity contribution in [3.63, 3.8) is 0 Å². The first-order valence-corrected chi connectivity index (χ1v) is 7.70. The number of hydrogen-bond acceptors (Lipinski definition) is 3. The minimum Gasteiger partial charge on any atom is -0.327 e. The average molecular weight is 307 g/mol. The molecule has 2 aromatic rings. The summed E-state index contributed by atoms with van der Waals surface area (Å²) in [5.41, 5.74) is 11.2. The van der Waals surface area contributed by atoms with E-state index in [4.69, 9.17) is 5.73 Å². The lowest BCUT2D eigenvalue weighted by atomic mass is 10.0. The molecule has 0 unspecified atom stereocenters. The zero-order chi connectivity index (χ0) is 16.0. The molecule has 5 nitrogen and oxygen atoms in total. The number of nitrogens with two attached hydrogens (primary N) is 1. The Morgan fingerprint density at radius 3 is 2.87 bits per heavy atom. The Balaban J connectivity index is 1.59. The highest BCUT2D eigenvalue weighted by molar-refractivity contribution is 6.10. The first-order valence-electron chi connectivity index (χ1n) is 7.70. The van der Waals surface area contributed by atoms with Crippen molar-refractivity contribution >= 4 is 23.2 Å². The molecule has 1 aliphatic heterocycles. The van der Waals surface area contributed by atoms with Crippen molar-refractivity contribution in [1.82, 2.24) is 0 Å². The summed E-state index contributed by atoms with van der Waals surface area (Å²) >= 11 is 0. The van der Waals surface area contributed by atoms with E-state index in [1.165, 1.54) is 11.1 Å². The molecule has 0 saturated heterocycles. The summed E-state index contributed by atoms with van der Waals surface area (Å²) < 4.78 is 0. The number of amides is 2. The standard InChI is InChI=1S/C18H17N3O2/c19-12-6-10-4-5-13(8-11(10)7-12)20-18(23)14-2-1-3-16-15(14)9-17(22)21-16/h1-5,8,12H,6-7,9,19H2,(H,20,23)(H,21,22)/t12-/m0/s1. The normalized spacial score (nSPS) is 18.3. The lowest BCUT2D eigenvalue weighted by Gasteiger charge is -2.10. The molecule has 1 aliphatic carbocycles. The molecule has 0 aromatic heterocycles. The van der Waals surface area contributed by atoms with Crippen LogP contribution in [0.25, 0.3) is 0 Å². The van der Waals surface area contributed by atoms with Crippen molar-refractivity contribution in [1.29, 1.82) is 0 Å². The number of anilines is 2. The smallest absolute Gasteiger partial charge is 0.256 e. The van der Waals surface area contributed by atoms with Gasteiger partial charge in [-0.05, 0) is 53.8 Å². The van der Waals surface area contributed by atoms with Gasteiger partial charge in [0.05, 0.1) is 6.42 Å². The van der Waals surface area contributed by atoms with Crippen molar-refractivity contribution in [2.45, 2.75) is 25.3 Å². The average Bonchev–Trinajstić information content (AvgIpc) is 3.06. The summed E-state index contributed by atoms with van der Waals surface area (Å²) in [5.74, 6) is -0.271.